The van der Waals surface area contributed by atoms with Gasteiger partial charge in [-0.2, -0.15) is 13.2 Å². The molecular weight excluding hydrogens is 317 g/mol. The number of alkyl halides is 3. The minimum absolute atomic E-state index is 0.00962. The van der Waals surface area contributed by atoms with Gasteiger partial charge in [-0.1, -0.05) is 12.1 Å². The Morgan fingerprint density at radius 3 is 2.45 bits per heavy atom. The van der Waals surface area contributed by atoms with E-state index >= 15 is 0 Å². The maximum atomic E-state index is 12.3. The Labute approximate surface area is 128 Å². The highest BCUT2D eigenvalue weighted by Gasteiger charge is 2.28. The molecule has 1 aromatic carbocycles. The molecule has 4 nitrogen and oxygen atoms in total. The van der Waals surface area contributed by atoms with Gasteiger partial charge in [-0.05, 0) is 44.0 Å². The van der Waals surface area contributed by atoms with Gasteiger partial charge in [-0.15, -0.1) is 0 Å². The number of halogens is 3. The normalized spacial score (nSPS) is 23.5. The van der Waals surface area contributed by atoms with Gasteiger partial charge in [0.05, 0.1) is 11.3 Å². The predicted octanol–water partition coefficient (Wildman–Crippen LogP) is 2.21. The first-order valence-electron chi connectivity index (χ1n) is 7.07. The Kier molecular flexibility index (Phi) is 5.14. The van der Waals surface area contributed by atoms with E-state index in [0.717, 1.165) is 6.54 Å². The quantitative estimate of drug-likeness (QED) is 0.886. The molecular formula is C14H19F3N2O2S. The number of hydrogen-bond acceptors (Lipinski definition) is 3. The van der Waals surface area contributed by atoms with Crippen LogP contribution in [0.1, 0.15) is 25.3 Å². The van der Waals surface area contributed by atoms with E-state index in [-0.39, 0.29) is 22.5 Å². The summed E-state index contributed by atoms with van der Waals surface area (Å²) in [6.07, 6.45) is -3.99. The zero-order valence-corrected chi connectivity index (χ0v) is 13.0. The van der Waals surface area contributed by atoms with E-state index in [0.29, 0.717) is 12.8 Å². The van der Waals surface area contributed by atoms with Gasteiger partial charge >= 0.3 is 6.18 Å². The zero-order valence-electron chi connectivity index (χ0n) is 12.2. The number of rotatable bonds is 4. The first kappa shape index (κ1) is 17.2. The van der Waals surface area contributed by atoms with Crippen molar-refractivity contribution in [1.29, 1.82) is 0 Å². The lowest BCUT2D eigenvalue weighted by atomic mass is 10.0. The van der Waals surface area contributed by atoms with Crippen LogP contribution in [0.25, 0.3) is 0 Å². The number of piperidine rings is 1. The first-order chi connectivity index (χ1) is 10.2. The molecule has 0 saturated carbocycles. The van der Waals surface area contributed by atoms with Crippen LogP contribution < -0.4 is 10.0 Å². The molecule has 0 aliphatic carbocycles. The van der Waals surface area contributed by atoms with Crippen LogP contribution in [0.5, 0.6) is 0 Å². The van der Waals surface area contributed by atoms with Gasteiger partial charge in [0.15, 0.2) is 0 Å². The second-order valence-electron chi connectivity index (χ2n) is 5.63. The minimum Gasteiger partial charge on any atom is -0.314 e. The van der Waals surface area contributed by atoms with Crippen molar-refractivity contribution in [3.63, 3.8) is 0 Å². The third kappa shape index (κ3) is 4.96. The van der Waals surface area contributed by atoms with Crippen LogP contribution in [0.4, 0.5) is 13.2 Å². The molecule has 22 heavy (non-hydrogen) atoms. The average molecular weight is 336 g/mol. The molecule has 1 aromatic rings. The van der Waals surface area contributed by atoms with E-state index in [9.17, 15) is 21.6 Å². The Hall–Kier alpha value is -1.12. The van der Waals surface area contributed by atoms with E-state index in [1.54, 1.807) is 0 Å². The van der Waals surface area contributed by atoms with Gasteiger partial charge in [0.1, 0.15) is 0 Å². The van der Waals surface area contributed by atoms with E-state index in [4.69, 9.17) is 0 Å². The summed E-state index contributed by atoms with van der Waals surface area (Å²) in [5, 5.41) is 3.23. The van der Waals surface area contributed by atoms with Crippen molar-refractivity contribution >= 4 is 10.0 Å². The smallest absolute Gasteiger partial charge is 0.314 e. The molecule has 0 amide bonds. The lowest BCUT2D eigenvalue weighted by Crippen LogP contribution is -2.46. The van der Waals surface area contributed by atoms with E-state index in [2.05, 4.69) is 10.0 Å². The number of sulfonamides is 1. The van der Waals surface area contributed by atoms with Crippen molar-refractivity contribution < 1.29 is 21.6 Å². The first-order valence-corrected chi connectivity index (χ1v) is 8.55. The number of nitrogens with one attached hydrogen (secondary N) is 2. The molecule has 0 aromatic heterocycles. The van der Waals surface area contributed by atoms with Gasteiger partial charge < -0.3 is 5.32 Å². The van der Waals surface area contributed by atoms with Crippen LogP contribution in [0, 0.1) is 0 Å². The van der Waals surface area contributed by atoms with Crippen LogP contribution in [0.3, 0.4) is 0 Å². The summed E-state index contributed by atoms with van der Waals surface area (Å²) in [6, 6.07) is 4.91. The summed E-state index contributed by atoms with van der Waals surface area (Å²) >= 11 is 0. The topological polar surface area (TPSA) is 58.2 Å². The van der Waals surface area contributed by atoms with Gasteiger partial charge in [0.25, 0.3) is 0 Å². The molecule has 2 unspecified atom stereocenters. The highest BCUT2D eigenvalue weighted by atomic mass is 32.2. The Balaban J connectivity index is 2.06. The summed E-state index contributed by atoms with van der Waals surface area (Å²) in [4.78, 5) is -0.00962. The summed E-state index contributed by atoms with van der Waals surface area (Å²) in [5.74, 6) is 0. The van der Waals surface area contributed by atoms with Crippen LogP contribution in [0.2, 0.25) is 0 Å². The van der Waals surface area contributed by atoms with Gasteiger partial charge in [0, 0.05) is 12.1 Å². The standard InChI is InChI=1S/C14H19F3N2O2S/c1-10-8-12(6-7-18-10)19-22(20,21)13-4-2-11(3-5-13)9-14(15,16)17/h2-5,10,12,18-19H,6-9H2,1H3. The monoisotopic (exact) mass is 336 g/mol. The highest BCUT2D eigenvalue weighted by Crippen LogP contribution is 2.22. The van der Waals surface area contributed by atoms with Crippen molar-refractivity contribution in [2.45, 2.75) is 49.3 Å². The maximum absolute atomic E-state index is 12.3. The average Bonchev–Trinajstić information content (AvgIpc) is 2.36. The van der Waals surface area contributed by atoms with Gasteiger partial charge in [-0.25, -0.2) is 13.1 Å². The molecule has 8 heteroatoms. The third-order valence-corrected chi connectivity index (χ3v) is 5.12. The fraction of sp³-hybridized carbons (Fsp3) is 0.571. The summed E-state index contributed by atoms with van der Waals surface area (Å²) < 4.78 is 64.0. The van der Waals surface area contributed by atoms with Crippen LogP contribution >= 0.6 is 0 Å². The largest absolute Gasteiger partial charge is 0.393 e. The molecule has 1 heterocycles. The maximum Gasteiger partial charge on any atom is 0.393 e. The molecule has 124 valence electrons. The summed E-state index contributed by atoms with van der Waals surface area (Å²) in [6.45, 7) is 2.71. The SMILES string of the molecule is CC1CC(NS(=O)(=O)c2ccc(CC(F)(F)F)cc2)CCN1. The fourth-order valence-electron chi connectivity index (χ4n) is 2.54. The Bertz CT molecular complexity index is 600. The van der Waals surface area contributed by atoms with E-state index < -0.39 is 22.6 Å². The Morgan fingerprint density at radius 1 is 1.27 bits per heavy atom. The van der Waals surface area contributed by atoms with Crippen molar-refractivity contribution in [1.82, 2.24) is 10.0 Å². The van der Waals surface area contributed by atoms with Crippen molar-refractivity contribution in [3.8, 4) is 0 Å². The lowest BCUT2D eigenvalue weighted by molar-refractivity contribution is -0.127. The molecule has 1 saturated heterocycles. The second kappa shape index (κ2) is 6.55. The van der Waals surface area contributed by atoms with Crippen LogP contribution in [0.15, 0.2) is 29.2 Å². The van der Waals surface area contributed by atoms with Gasteiger partial charge in [0.2, 0.25) is 10.0 Å². The molecule has 2 atom stereocenters. The number of hydrogen-bond donors (Lipinski definition) is 2. The summed E-state index contributed by atoms with van der Waals surface area (Å²) in [7, 11) is -3.70. The molecule has 2 N–H and O–H groups in total. The molecule has 1 fully saturated rings. The third-order valence-electron chi connectivity index (χ3n) is 3.58. The van der Waals surface area contributed by atoms with Crippen LogP contribution in [-0.4, -0.2) is 33.2 Å². The van der Waals surface area contributed by atoms with Gasteiger partial charge in [-0.3, -0.25) is 0 Å². The van der Waals surface area contributed by atoms with Crippen molar-refractivity contribution in [2.75, 3.05) is 6.54 Å². The van der Waals surface area contributed by atoms with E-state index in [1.807, 2.05) is 6.92 Å². The Morgan fingerprint density at radius 2 is 1.91 bits per heavy atom. The molecule has 0 spiro atoms. The minimum atomic E-state index is -4.30. The fourth-order valence-corrected chi connectivity index (χ4v) is 3.83. The molecule has 2 rings (SSSR count). The predicted molar refractivity (Wildman–Crippen MR) is 77.0 cm³/mol. The summed E-state index contributed by atoms with van der Waals surface area (Å²) in [5.41, 5.74) is 0.0435. The van der Waals surface area contributed by atoms with Crippen LogP contribution in [-0.2, 0) is 16.4 Å². The van der Waals surface area contributed by atoms with Crippen molar-refractivity contribution in [2.24, 2.45) is 0 Å². The lowest BCUT2D eigenvalue weighted by Gasteiger charge is -2.28. The highest BCUT2D eigenvalue weighted by molar-refractivity contribution is 7.89. The zero-order chi connectivity index (χ0) is 16.4. The van der Waals surface area contributed by atoms with Crippen molar-refractivity contribution in [3.05, 3.63) is 29.8 Å². The molecule has 0 radical (unpaired) electrons. The number of benzene rings is 1. The molecule has 0 bridgehead atoms. The second-order valence-corrected chi connectivity index (χ2v) is 7.35. The van der Waals surface area contributed by atoms with E-state index in [1.165, 1.54) is 24.3 Å². The molecule has 1 aliphatic rings. The molecule has 1 aliphatic heterocycles.